The lowest BCUT2D eigenvalue weighted by Gasteiger charge is -2.18. The van der Waals surface area contributed by atoms with Crippen molar-refractivity contribution in [2.45, 2.75) is 52.6 Å². The number of ether oxygens (including phenoxy) is 1. The van der Waals surface area contributed by atoms with Crippen LogP contribution in [0.15, 0.2) is 24.3 Å². The van der Waals surface area contributed by atoms with Crippen LogP contribution in [0.4, 0.5) is 4.39 Å². The van der Waals surface area contributed by atoms with Gasteiger partial charge in [-0.2, -0.15) is 0 Å². The summed E-state index contributed by atoms with van der Waals surface area (Å²) in [5, 5.41) is 2.94. The topological polar surface area (TPSA) is 38.3 Å². The van der Waals surface area contributed by atoms with Gasteiger partial charge >= 0.3 is 0 Å². The molecule has 0 unspecified atom stereocenters. The van der Waals surface area contributed by atoms with E-state index < -0.39 is 6.10 Å². The van der Waals surface area contributed by atoms with E-state index in [0.29, 0.717) is 18.2 Å². The number of carbonyl (C=O) groups is 1. The minimum absolute atomic E-state index is 0.130. The molecule has 0 saturated heterocycles. The predicted molar refractivity (Wildman–Crippen MR) is 82.8 cm³/mol. The molecule has 0 radical (unpaired) electrons. The summed E-state index contributed by atoms with van der Waals surface area (Å²) in [6.45, 7) is 6.70. The van der Waals surface area contributed by atoms with Gasteiger partial charge in [-0.05, 0) is 43.5 Å². The summed E-state index contributed by atoms with van der Waals surface area (Å²) in [5.74, 6) is 0.569. The molecule has 1 aromatic carbocycles. The highest BCUT2D eigenvalue weighted by Crippen LogP contribution is 2.14. The van der Waals surface area contributed by atoms with Crippen molar-refractivity contribution in [2.24, 2.45) is 5.92 Å². The Morgan fingerprint density at radius 2 is 1.95 bits per heavy atom. The van der Waals surface area contributed by atoms with Crippen LogP contribution in [0.2, 0.25) is 0 Å². The molecule has 0 saturated carbocycles. The molecule has 0 heterocycles. The van der Waals surface area contributed by atoms with Crippen molar-refractivity contribution in [3.63, 3.8) is 0 Å². The molecule has 0 bridgehead atoms. The van der Waals surface area contributed by atoms with Crippen LogP contribution >= 0.6 is 0 Å². The Labute approximate surface area is 126 Å². The zero-order valence-electron chi connectivity index (χ0n) is 13.2. The van der Waals surface area contributed by atoms with Crippen molar-refractivity contribution in [1.82, 2.24) is 5.32 Å². The molecule has 0 aromatic heterocycles. The third kappa shape index (κ3) is 6.61. The van der Waals surface area contributed by atoms with E-state index in [-0.39, 0.29) is 11.7 Å². The average molecular weight is 295 g/mol. The minimum atomic E-state index is -0.584. The maximum Gasteiger partial charge on any atom is 0.260 e. The highest BCUT2D eigenvalue weighted by atomic mass is 19.1. The third-order valence-corrected chi connectivity index (χ3v) is 3.60. The fraction of sp³-hybridized carbons (Fsp3) is 0.588. The lowest BCUT2D eigenvalue weighted by molar-refractivity contribution is -0.127. The first-order valence-electron chi connectivity index (χ1n) is 7.76. The first kappa shape index (κ1) is 17.5. The number of hydrogen-bond donors (Lipinski definition) is 1. The lowest BCUT2D eigenvalue weighted by atomic mass is 9.99. The number of carbonyl (C=O) groups excluding carboxylic acids is 1. The van der Waals surface area contributed by atoms with Crippen molar-refractivity contribution in [2.75, 3.05) is 6.54 Å². The number of unbranched alkanes of at least 4 members (excludes halogenated alkanes) is 1. The molecule has 0 aliphatic rings. The summed E-state index contributed by atoms with van der Waals surface area (Å²) in [4.78, 5) is 12.0. The first-order chi connectivity index (χ1) is 10.1. The maximum absolute atomic E-state index is 12.8. The van der Waals surface area contributed by atoms with E-state index in [4.69, 9.17) is 4.74 Å². The monoisotopic (exact) mass is 295 g/mol. The van der Waals surface area contributed by atoms with Crippen molar-refractivity contribution >= 4 is 5.91 Å². The molecule has 2 atom stereocenters. The smallest absolute Gasteiger partial charge is 0.260 e. The normalized spacial score (nSPS) is 13.5. The molecule has 1 aromatic rings. The second-order valence-electron chi connectivity index (χ2n) is 5.38. The molecule has 0 aliphatic carbocycles. The molecule has 3 nitrogen and oxygen atoms in total. The largest absolute Gasteiger partial charge is 0.481 e. The number of rotatable bonds is 9. The molecule has 118 valence electrons. The van der Waals surface area contributed by atoms with Gasteiger partial charge in [0.2, 0.25) is 0 Å². The van der Waals surface area contributed by atoms with E-state index >= 15 is 0 Å². The van der Waals surface area contributed by atoms with E-state index in [9.17, 15) is 9.18 Å². The Kier molecular flexibility index (Phi) is 7.80. The Balaban J connectivity index is 2.38. The highest BCUT2D eigenvalue weighted by molar-refractivity contribution is 5.80. The van der Waals surface area contributed by atoms with E-state index in [2.05, 4.69) is 19.2 Å². The maximum atomic E-state index is 12.8. The zero-order valence-corrected chi connectivity index (χ0v) is 13.2. The SMILES string of the molecule is CCCC[C@H](CC)CNC(=O)[C@H](C)Oc1ccc(F)cc1. The highest BCUT2D eigenvalue weighted by Gasteiger charge is 2.16. The van der Waals surface area contributed by atoms with Crippen molar-refractivity contribution < 1.29 is 13.9 Å². The van der Waals surface area contributed by atoms with Gasteiger partial charge in [0.15, 0.2) is 6.10 Å². The third-order valence-electron chi connectivity index (χ3n) is 3.60. The fourth-order valence-electron chi connectivity index (χ4n) is 2.10. The van der Waals surface area contributed by atoms with Crippen LogP contribution in [0.25, 0.3) is 0 Å². The molecule has 4 heteroatoms. The van der Waals surface area contributed by atoms with Gasteiger partial charge < -0.3 is 10.1 Å². The quantitative estimate of drug-likeness (QED) is 0.749. The van der Waals surface area contributed by atoms with Gasteiger partial charge in [-0.25, -0.2) is 4.39 Å². The zero-order chi connectivity index (χ0) is 15.7. The standard InChI is InChI=1S/C17H26FNO2/c1-4-6-7-14(5-2)12-19-17(20)13(3)21-16-10-8-15(18)9-11-16/h8-11,13-14H,4-7,12H2,1-3H3,(H,19,20)/t13-,14-/m0/s1. The van der Waals surface area contributed by atoms with Crippen molar-refractivity contribution in [3.8, 4) is 5.75 Å². The number of halogens is 1. The lowest BCUT2D eigenvalue weighted by Crippen LogP contribution is -2.38. The summed E-state index contributed by atoms with van der Waals surface area (Å²) in [5.41, 5.74) is 0. The molecule has 0 spiro atoms. The van der Waals surface area contributed by atoms with Gasteiger partial charge in [-0.1, -0.05) is 33.1 Å². The van der Waals surface area contributed by atoms with E-state index in [1.807, 2.05) is 0 Å². The molecule has 1 rings (SSSR count). The number of hydrogen-bond acceptors (Lipinski definition) is 2. The van der Waals surface area contributed by atoms with Gasteiger partial charge in [0.25, 0.3) is 5.91 Å². The molecule has 1 amide bonds. The Bertz CT molecular complexity index is 419. The van der Waals surface area contributed by atoms with Crippen LogP contribution in [0.3, 0.4) is 0 Å². The first-order valence-corrected chi connectivity index (χ1v) is 7.76. The Hall–Kier alpha value is -1.58. The molecule has 21 heavy (non-hydrogen) atoms. The van der Waals surface area contributed by atoms with Crippen LogP contribution in [0.1, 0.15) is 46.5 Å². The number of benzene rings is 1. The van der Waals surface area contributed by atoms with Gasteiger partial charge in [0, 0.05) is 6.54 Å². The molecule has 1 N–H and O–H groups in total. The second-order valence-corrected chi connectivity index (χ2v) is 5.38. The van der Waals surface area contributed by atoms with Gasteiger partial charge in [-0.15, -0.1) is 0 Å². The summed E-state index contributed by atoms with van der Waals surface area (Å²) in [6, 6.07) is 5.68. The molecular formula is C17H26FNO2. The number of nitrogens with one attached hydrogen (secondary N) is 1. The van der Waals surface area contributed by atoms with Crippen molar-refractivity contribution in [1.29, 1.82) is 0 Å². The van der Waals surface area contributed by atoms with Crippen LogP contribution in [0.5, 0.6) is 5.75 Å². The average Bonchev–Trinajstić information content (AvgIpc) is 2.49. The number of amides is 1. The Morgan fingerprint density at radius 3 is 2.52 bits per heavy atom. The van der Waals surface area contributed by atoms with Crippen LogP contribution in [-0.2, 0) is 4.79 Å². The van der Waals surface area contributed by atoms with Crippen molar-refractivity contribution in [3.05, 3.63) is 30.1 Å². The fourth-order valence-corrected chi connectivity index (χ4v) is 2.10. The van der Waals surface area contributed by atoms with Gasteiger partial charge in [-0.3, -0.25) is 4.79 Å². The van der Waals surface area contributed by atoms with Crippen LogP contribution < -0.4 is 10.1 Å². The Morgan fingerprint density at radius 1 is 1.29 bits per heavy atom. The van der Waals surface area contributed by atoms with Crippen LogP contribution in [-0.4, -0.2) is 18.6 Å². The molecule has 0 fully saturated rings. The van der Waals surface area contributed by atoms with Gasteiger partial charge in [0.05, 0.1) is 0 Å². The summed E-state index contributed by atoms with van der Waals surface area (Å²) < 4.78 is 18.3. The molecular weight excluding hydrogens is 269 g/mol. The van der Waals surface area contributed by atoms with Crippen LogP contribution in [0, 0.1) is 11.7 Å². The van der Waals surface area contributed by atoms with E-state index in [1.54, 1.807) is 6.92 Å². The predicted octanol–water partition coefficient (Wildman–Crippen LogP) is 3.93. The second kappa shape index (κ2) is 9.37. The van der Waals surface area contributed by atoms with E-state index in [0.717, 1.165) is 12.8 Å². The molecule has 0 aliphatic heterocycles. The summed E-state index contributed by atoms with van der Waals surface area (Å²) in [7, 11) is 0. The van der Waals surface area contributed by atoms with Gasteiger partial charge in [0.1, 0.15) is 11.6 Å². The van der Waals surface area contributed by atoms with E-state index in [1.165, 1.54) is 37.1 Å². The summed E-state index contributed by atoms with van der Waals surface area (Å²) >= 11 is 0. The minimum Gasteiger partial charge on any atom is -0.481 e. The summed E-state index contributed by atoms with van der Waals surface area (Å²) in [6.07, 6.45) is 3.98.